The first-order valence-electron chi connectivity index (χ1n) is 3.25. The molecule has 0 spiro atoms. The highest BCUT2D eigenvalue weighted by atomic mass is 35.5. The van der Waals surface area contributed by atoms with Gasteiger partial charge in [-0.1, -0.05) is 25.2 Å². The van der Waals surface area contributed by atoms with Crippen molar-refractivity contribution < 1.29 is 4.79 Å². The predicted molar refractivity (Wildman–Crippen MR) is 44.0 cm³/mol. The standard InChI is InChI=1S/C8H11ClO/c1-3-5-7(6-4-2)8(9)10/h3,5-6H,4H2,1-2H3/b5-3-,7-6+. The SMILES string of the molecule is C/C=C\C(=C/CC)C(=O)Cl. The van der Waals surface area contributed by atoms with Crippen molar-refractivity contribution in [3.05, 3.63) is 23.8 Å². The lowest BCUT2D eigenvalue weighted by atomic mass is 10.2. The Bertz CT molecular complexity index is 168. The lowest BCUT2D eigenvalue weighted by molar-refractivity contribution is -0.108. The van der Waals surface area contributed by atoms with E-state index < -0.39 is 0 Å². The largest absolute Gasteiger partial charge is 0.276 e. The number of rotatable bonds is 3. The Morgan fingerprint density at radius 1 is 1.60 bits per heavy atom. The maximum Gasteiger partial charge on any atom is 0.252 e. The van der Waals surface area contributed by atoms with E-state index in [0.29, 0.717) is 5.57 Å². The van der Waals surface area contributed by atoms with Gasteiger partial charge in [0, 0.05) is 5.57 Å². The summed E-state index contributed by atoms with van der Waals surface area (Å²) in [7, 11) is 0. The highest BCUT2D eigenvalue weighted by Crippen LogP contribution is 2.03. The zero-order valence-corrected chi connectivity index (χ0v) is 6.98. The normalized spacial score (nSPS) is 12.5. The molecule has 0 aromatic heterocycles. The number of hydrogen-bond acceptors (Lipinski definition) is 1. The first kappa shape index (κ1) is 9.44. The molecule has 0 aromatic carbocycles. The second-order valence-electron chi connectivity index (χ2n) is 1.84. The van der Waals surface area contributed by atoms with Crippen molar-refractivity contribution in [2.24, 2.45) is 0 Å². The highest BCUT2D eigenvalue weighted by Gasteiger charge is 1.98. The summed E-state index contributed by atoms with van der Waals surface area (Å²) in [4.78, 5) is 10.6. The number of halogens is 1. The van der Waals surface area contributed by atoms with Gasteiger partial charge in [-0.3, -0.25) is 4.79 Å². The molecule has 0 atom stereocenters. The zero-order valence-electron chi connectivity index (χ0n) is 6.23. The van der Waals surface area contributed by atoms with Gasteiger partial charge in [0.25, 0.3) is 5.24 Å². The van der Waals surface area contributed by atoms with Crippen molar-refractivity contribution in [3.63, 3.8) is 0 Å². The van der Waals surface area contributed by atoms with Crippen LogP contribution in [0.2, 0.25) is 0 Å². The summed E-state index contributed by atoms with van der Waals surface area (Å²) in [6.45, 7) is 3.81. The molecule has 0 unspecified atom stereocenters. The summed E-state index contributed by atoms with van der Waals surface area (Å²) in [6, 6.07) is 0. The monoisotopic (exact) mass is 158 g/mol. The molecule has 0 aliphatic rings. The molecular formula is C8H11ClO. The molecular weight excluding hydrogens is 148 g/mol. The topological polar surface area (TPSA) is 17.1 Å². The van der Waals surface area contributed by atoms with Crippen LogP contribution in [0.3, 0.4) is 0 Å². The lowest BCUT2D eigenvalue weighted by Gasteiger charge is -1.90. The average Bonchev–Trinajstić information content (AvgIpc) is 1.87. The Morgan fingerprint density at radius 3 is 2.50 bits per heavy atom. The average molecular weight is 159 g/mol. The zero-order chi connectivity index (χ0) is 7.98. The fourth-order valence-corrected chi connectivity index (χ4v) is 0.753. The third-order valence-electron chi connectivity index (χ3n) is 0.997. The van der Waals surface area contributed by atoms with Gasteiger partial charge >= 0.3 is 0 Å². The second-order valence-corrected chi connectivity index (χ2v) is 2.18. The van der Waals surface area contributed by atoms with E-state index in [1.54, 1.807) is 18.2 Å². The first-order chi connectivity index (χ1) is 4.72. The Hall–Kier alpha value is -0.560. The molecule has 0 aliphatic heterocycles. The molecule has 56 valence electrons. The van der Waals surface area contributed by atoms with E-state index in [4.69, 9.17) is 11.6 Å². The summed E-state index contributed by atoms with van der Waals surface area (Å²) in [5, 5.41) is -0.389. The molecule has 0 fully saturated rings. The van der Waals surface area contributed by atoms with Crippen molar-refractivity contribution in [2.45, 2.75) is 20.3 Å². The van der Waals surface area contributed by atoms with Crippen molar-refractivity contribution in [1.82, 2.24) is 0 Å². The fourth-order valence-electron chi connectivity index (χ4n) is 0.613. The number of hydrogen-bond donors (Lipinski definition) is 0. The molecule has 0 bridgehead atoms. The Balaban J connectivity index is 4.26. The van der Waals surface area contributed by atoms with Crippen LogP contribution in [-0.2, 0) is 4.79 Å². The van der Waals surface area contributed by atoms with Crippen molar-refractivity contribution in [3.8, 4) is 0 Å². The third kappa shape index (κ3) is 3.46. The molecule has 1 nitrogen and oxygen atoms in total. The quantitative estimate of drug-likeness (QED) is 0.351. The molecule has 0 saturated carbocycles. The van der Waals surface area contributed by atoms with E-state index in [1.165, 1.54) is 0 Å². The number of carbonyl (C=O) groups excluding carboxylic acids is 1. The van der Waals surface area contributed by atoms with Gasteiger partial charge in [0.1, 0.15) is 0 Å². The number of allylic oxidation sites excluding steroid dienone is 4. The molecule has 10 heavy (non-hydrogen) atoms. The van der Waals surface area contributed by atoms with Crippen LogP contribution in [0, 0.1) is 0 Å². The van der Waals surface area contributed by atoms with Crippen LogP contribution in [0.15, 0.2) is 23.8 Å². The molecule has 0 rings (SSSR count). The summed E-state index contributed by atoms with van der Waals surface area (Å²) < 4.78 is 0. The maximum absolute atomic E-state index is 10.6. The fraction of sp³-hybridized carbons (Fsp3) is 0.375. The van der Waals surface area contributed by atoms with Crippen LogP contribution >= 0.6 is 11.6 Å². The summed E-state index contributed by atoms with van der Waals surface area (Å²) in [6.07, 6.45) is 6.13. The molecule has 2 heteroatoms. The van der Waals surface area contributed by atoms with Gasteiger partial charge in [-0.05, 0) is 24.9 Å². The minimum Gasteiger partial charge on any atom is -0.276 e. The number of carbonyl (C=O) groups is 1. The molecule has 0 aromatic rings. The molecule has 0 aliphatic carbocycles. The summed E-state index contributed by atoms with van der Waals surface area (Å²) in [5.74, 6) is 0. The van der Waals surface area contributed by atoms with E-state index >= 15 is 0 Å². The maximum atomic E-state index is 10.6. The lowest BCUT2D eigenvalue weighted by Crippen LogP contribution is -1.88. The summed E-state index contributed by atoms with van der Waals surface area (Å²) in [5.41, 5.74) is 0.576. The van der Waals surface area contributed by atoms with E-state index in [-0.39, 0.29) is 5.24 Å². The van der Waals surface area contributed by atoms with Gasteiger partial charge in [0.15, 0.2) is 0 Å². The first-order valence-corrected chi connectivity index (χ1v) is 3.62. The van der Waals surface area contributed by atoms with Gasteiger partial charge in [0.05, 0.1) is 0 Å². The van der Waals surface area contributed by atoms with Gasteiger partial charge in [-0.25, -0.2) is 0 Å². The third-order valence-corrected chi connectivity index (χ3v) is 1.22. The van der Waals surface area contributed by atoms with Gasteiger partial charge < -0.3 is 0 Å². The van der Waals surface area contributed by atoms with Crippen LogP contribution in [0.1, 0.15) is 20.3 Å². The molecule has 0 saturated heterocycles. The molecule has 0 heterocycles. The van der Waals surface area contributed by atoms with E-state index in [9.17, 15) is 4.79 Å². The van der Waals surface area contributed by atoms with Crippen molar-refractivity contribution in [2.75, 3.05) is 0 Å². The van der Waals surface area contributed by atoms with Crippen molar-refractivity contribution in [1.29, 1.82) is 0 Å². The molecule has 0 N–H and O–H groups in total. The Morgan fingerprint density at radius 2 is 2.20 bits per heavy atom. The summed E-state index contributed by atoms with van der Waals surface area (Å²) >= 11 is 5.24. The minimum atomic E-state index is -0.389. The van der Waals surface area contributed by atoms with Gasteiger partial charge in [-0.15, -0.1) is 0 Å². The van der Waals surface area contributed by atoms with Crippen molar-refractivity contribution >= 4 is 16.8 Å². The van der Waals surface area contributed by atoms with Crippen LogP contribution in [0.4, 0.5) is 0 Å². The van der Waals surface area contributed by atoms with Crippen LogP contribution < -0.4 is 0 Å². The molecule has 0 amide bonds. The Labute approximate surface area is 66.4 Å². The van der Waals surface area contributed by atoms with Crippen LogP contribution in [0.5, 0.6) is 0 Å². The van der Waals surface area contributed by atoms with Crippen LogP contribution in [0.25, 0.3) is 0 Å². The van der Waals surface area contributed by atoms with E-state index in [1.807, 2.05) is 13.8 Å². The van der Waals surface area contributed by atoms with E-state index in [2.05, 4.69) is 0 Å². The van der Waals surface area contributed by atoms with Gasteiger partial charge in [0.2, 0.25) is 0 Å². The minimum absolute atomic E-state index is 0.389. The van der Waals surface area contributed by atoms with Crippen LogP contribution in [-0.4, -0.2) is 5.24 Å². The van der Waals surface area contributed by atoms with Gasteiger partial charge in [-0.2, -0.15) is 0 Å². The highest BCUT2D eigenvalue weighted by molar-refractivity contribution is 6.68. The Kier molecular flexibility index (Phi) is 4.95. The smallest absolute Gasteiger partial charge is 0.252 e. The predicted octanol–water partition coefficient (Wildman–Crippen LogP) is 2.66. The second kappa shape index (κ2) is 5.24. The molecule has 0 radical (unpaired) electrons. The van der Waals surface area contributed by atoms with E-state index in [0.717, 1.165) is 6.42 Å².